The van der Waals surface area contributed by atoms with Crippen molar-refractivity contribution in [3.8, 4) is 0 Å². The highest BCUT2D eigenvalue weighted by atomic mass is 32.1. The summed E-state index contributed by atoms with van der Waals surface area (Å²) >= 11 is 1.65. The summed E-state index contributed by atoms with van der Waals surface area (Å²) in [5, 5.41) is 2.03. The van der Waals surface area contributed by atoms with E-state index in [1.165, 1.54) is 16.6 Å². The lowest BCUT2D eigenvalue weighted by Crippen LogP contribution is -2.38. The summed E-state index contributed by atoms with van der Waals surface area (Å²) in [6.45, 7) is 6.94. The number of hydrogen-bond acceptors (Lipinski definition) is 3. The molecule has 27 heavy (non-hydrogen) atoms. The summed E-state index contributed by atoms with van der Waals surface area (Å²) in [4.78, 5) is 20.1. The molecule has 1 aromatic carbocycles. The van der Waals surface area contributed by atoms with Crippen molar-refractivity contribution in [1.29, 1.82) is 0 Å². The summed E-state index contributed by atoms with van der Waals surface area (Å²) < 4.78 is 2.28. The Labute approximate surface area is 164 Å². The second-order valence-electron chi connectivity index (χ2n) is 7.44. The van der Waals surface area contributed by atoms with E-state index in [0.29, 0.717) is 5.92 Å². The van der Waals surface area contributed by atoms with Crippen molar-refractivity contribution in [1.82, 2.24) is 14.5 Å². The Bertz CT molecular complexity index is 963. The van der Waals surface area contributed by atoms with Gasteiger partial charge in [-0.25, -0.2) is 4.98 Å². The van der Waals surface area contributed by atoms with Gasteiger partial charge >= 0.3 is 0 Å². The Balaban J connectivity index is 1.36. The number of amides is 1. The molecule has 1 saturated heterocycles. The summed E-state index contributed by atoms with van der Waals surface area (Å²) in [6.07, 6.45) is 7.68. The van der Waals surface area contributed by atoms with Crippen LogP contribution in [-0.4, -0.2) is 33.4 Å². The summed E-state index contributed by atoms with van der Waals surface area (Å²) in [6, 6.07) is 8.44. The van der Waals surface area contributed by atoms with E-state index in [4.69, 9.17) is 0 Å². The number of carbonyl (C=O) groups is 1. The molecule has 140 valence electrons. The molecule has 4 nitrogen and oxygen atoms in total. The smallest absolute Gasteiger partial charge is 0.246 e. The van der Waals surface area contributed by atoms with E-state index in [1.54, 1.807) is 17.4 Å². The highest BCUT2D eigenvalue weighted by molar-refractivity contribution is 7.10. The number of aryl methyl sites for hydroxylation is 2. The molecule has 4 rings (SSSR count). The molecule has 0 unspecified atom stereocenters. The van der Waals surface area contributed by atoms with Crippen LogP contribution in [0.1, 0.15) is 28.8 Å². The number of imidazole rings is 1. The van der Waals surface area contributed by atoms with Crippen molar-refractivity contribution >= 4 is 34.4 Å². The number of likely N-dealkylation sites (tertiary alicyclic amines) is 1. The summed E-state index contributed by atoms with van der Waals surface area (Å²) in [5.74, 6) is 0.718. The molecule has 1 aliphatic heterocycles. The van der Waals surface area contributed by atoms with Crippen LogP contribution in [0, 0.1) is 19.8 Å². The van der Waals surface area contributed by atoms with Crippen LogP contribution in [0.2, 0.25) is 0 Å². The maximum absolute atomic E-state index is 12.4. The van der Waals surface area contributed by atoms with E-state index >= 15 is 0 Å². The molecule has 0 radical (unpaired) electrons. The quantitative estimate of drug-likeness (QED) is 0.618. The lowest BCUT2D eigenvalue weighted by molar-refractivity contribution is -0.127. The molecule has 0 N–H and O–H groups in total. The molecular weight excluding hydrogens is 354 g/mol. The van der Waals surface area contributed by atoms with Gasteiger partial charge in [0.2, 0.25) is 5.91 Å². The molecule has 3 heterocycles. The number of nitrogens with zero attached hydrogens (tertiary/aromatic N) is 3. The minimum atomic E-state index is 0.126. The van der Waals surface area contributed by atoms with Crippen LogP contribution in [0.15, 0.2) is 42.0 Å². The Morgan fingerprint density at radius 2 is 2.04 bits per heavy atom. The van der Waals surface area contributed by atoms with Crippen molar-refractivity contribution in [2.24, 2.45) is 5.92 Å². The molecule has 1 aliphatic rings. The van der Waals surface area contributed by atoms with Crippen molar-refractivity contribution in [2.45, 2.75) is 33.2 Å². The van der Waals surface area contributed by atoms with Crippen LogP contribution < -0.4 is 0 Å². The third kappa shape index (κ3) is 3.98. The number of fused-ring (bicyclic) bond motifs is 1. The fraction of sp³-hybridized carbons (Fsp3) is 0.364. The summed E-state index contributed by atoms with van der Waals surface area (Å²) in [7, 11) is 0. The first-order valence-corrected chi connectivity index (χ1v) is 10.4. The molecule has 5 heteroatoms. The molecule has 0 saturated carbocycles. The number of piperidine rings is 1. The van der Waals surface area contributed by atoms with E-state index in [2.05, 4.69) is 35.5 Å². The largest absolute Gasteiger partial charge is 0.339 e. The van der Waals surface area contributed by atoms with E-state index in [-0.39, 0.29) is 5.91 Å². The maximum atomic E-state index is 12.4. The van der Waals surface area contributed by atoms with Crippen LogP contribution in [-0.2, 0) is 11.3 Å². The van der Waals surface area contributed by atoms with Crippen molar-refractivity contribution in [3.63, 3.8) is 0 Å². The van der Waals surface area contributed by atoms with E-state index in [0.717, 1.165) is 42.9 Å². The second kappa shape index (κ2) is 7.69. The van der Waals surface area contributed by atoms with Gasteiger partial charge in [-0.15, -0.1) is 11.3 Å². The molecule has 1 fully saturated rings. The van der Waals surface area contributed by atoms with Gasteiger partial charge in [0.25, 0.3) is 0 Å². The van der Waals surface area contributed by atoms with Crippen LogP contribution in [0.3, 0.4) is 0 Å². The van der Waals surface area contributed by atoms with Gasteiger partial charge in [-0.1, -0.05) is 6.07 Å². The first-order valence-electron chi connectivity index (χ1n) is 9.53. The number of hydrogen-bond donors (Lipinski definition) is 0. The molecule has 2 aromatic heterocycles. The van der Waals surface area contributed by atoms with Crippen molar-refractivity contribution in [3.05, 3.63) is 58.1 Å². The van der Waals surface area contributed by atoms with E-state index in [1.807, 2.05) is 34.8 Å². The predicted octanol–water partition coefficient (Wildman–Crippen LogP) is 4.67. The first-order chi connectivity index (χ1) is 13.1. The van der Waals surface area contributed by atoms with Gasteiger partial charge in [-0.3, -0.25) is 4.79 Å². The third-order valence-electron chi connectivity index (χ3n) is 5.55. The number of carbonyl (C=O) groups excluding carboxylic acids is 1. The average Bonchev–Trinajstić information content (AvgIpc) is 3.32. The molecule has 0 bridgehead atoms. The topological polar surface area (TPSA) is 38.1 Å². The van der Waals surface area contributed by atoms with E-state index in [9.17, 15) is 4.79 Å². The van der Waals surface area contributed by atoms with Gasteiger partial charge in [0, 0.05) is 30.6 Å². The van der Waals surface area contributed by atoms with Gasteiger partial charge in [-0.05, 0) is 73.4 Å². The highest BCUT2D eigenvalue weighted by Crippen LogP contribution is 2.24. The number of rotatable bonds is 4. The van der Waals surface area contributed by atoms with Gasteiger partial charge in [-0.2, -0.15) is 0 Å². The average molecular weight is 380 g/mol. The maximum Gasteiger partial charge on any atom is 0.246 e. The number of aromatic nitrogens is 2. The monoisotopic (exact) mass is 379 g/mol. The third-order valence-corrected chi connectivity index (χ3v) is 6.39. The zero-order chi connectivity index (χ0) is 18.8. The zero-order valence-electron chi connectivity index (χ0n) is 15.9. The molecule has 0 atom stereocenters. The number of thiophene rings is 1. The van der Waals surface area contributed by atoms with Crippen LogP contribution in [0.5, 0.6) is 0 Å². The summed E-state index contributed by atoms with van der Waals surface area (Å²) in [5.41, 5.74) is 4.89. The number of benzene rings is 1. The zero-order valence-corrected chi connectivity index (χ0v) is 16.7. The van der Waals surface area contributed by atoms with Gasteiger partial charge in [0.15, 0.2) is 0 Å². The minimum Gasteiger partial charge on any atom is -0.339 e. The molecule has 1 amide bonds. The van der Waals surface area contributed by atoms with Crippen molar-refractivity contribution in [2.75, 3.05) is 13.1 Å². The Morgan fingerprint density at radius 3 is 2.78 bits per heavy atom. The van der Waals surface area contributed by atoms with Gasteiger partial charge in [0.1, 0.15) is 0 Å². The highest BCUT2D eigenvalue weighted by Gasteiger charge is 2.22. The first kappa shape index (κ1) is 18.0. The Kier molecular flexibility index (Phi) is 5.12. The fourth-order valence-electron chi connectivity index (χ4n) is 3.72. The standard InChI is InChI=1S/C22H25N3OS/c1-16-12-20-21(13-17(16)2)25(15-23-20)14-18-7-9-24(10-8-18)22(26)6-5-19-4-3-11-27-19/h3-6,11-13,15,18H,7-10,14H2,1-2H3/b6-5+. The van der Waals surface area contributed by atoms with Gasteiger partial charge in [0.05, 0.1) is 17.4 Å². The Hall–Kier alpha value is -2.40. The lowest BCUT2D eigenvalue weighted by Gasteiger charge is -2.31. The normalized spacial score (nSPS) is 15.9. The molecular formula is C22H25N3OS. The van der Waals surface area contributed by atoms with Crippen molar-refractivity contribution < 1.29 is 4.79 Å². The van der Waals surface area contributed by atoms with Crippen LogP contribution in [0.25, 0.3) is 17.1 Å². The molecule has 0 aliphatic carbocycles. The van der Waals surface area contributed by atoms with E-state index < -0.39 is 0 Å². The molecule has 3 aromatic rings. The fourth-order valence-corrected chi connectivity index (χ4v) is 4.34. The van der Waals surface area contributed by atoms with Crippen LogP contribution in [0.4, 0.5) is 0 Å². The lowest BCUT2D eigenvalue weighted by atomic mass is 9.96. The Morgan fingerprint density at radius 1 is 1.26 bits per heavy atom. The SMILES string of the molecule is Cc1cc2ncn(CC3CCN(C(=O)/C=C/c4cccs4)CC3)c2cc1C. The second-order valence-corrected chi connectivity index (χ2v) is 8.42. The van der Waals surface area contributed by atoms with Gasteiger partial charge < -0.3 is 9.47 Å². The predicted molar refractivity (Wildman–Crippen MR) is 112 cm³/mol. The minimum absolute atomic E-state index is 0.126. The van der Waals surface area contributed by atoms with Crippen LogP contribution >= 0.6 is 11.3 Å². The molecule has 0 spiro atoms.